The van der Waals surface area contributed by atoms with E-state index in [1.165, 1.54) is 0 Å². The van der Waals surface area contributed by atoms with E-state index in [9.17, 15) is 9.59 Å². The summed E-state index contributed by atoms with van der Waals surface area (Å²) in [4.78, 5) is 26.6. The predicted octanol–water partition coefficient (Wildman–Crippen LogP) is 2.52. The van der Waals surface area contributed by atoms with E-state index < -0.39 is 0 Å². The van der Waals surface area contributed by atoms with Gasteiger partial charge in [-0.15, -0.1) is 0 Å². The lowest BCUT2D eigenvalue weighted by Crippen LogP contribution is -2.39. The van der Waals surface area contributed by atoms with Gasteiger partial charge in [-0.05, 0) is 51.1 Å². The Hall–Kier alpha value is -2.80. The summed E-state index contributed by atoms with van der Waals surface area (Å²) in [7, 11) is 0. The van der Waals surface area contributed by atoms with Crippen LogP contribution >= 0.6 is 0 Å². The molecule has 156 valence electrons. The summed E-state index contributed by atoms with van der Waals surface area (Å²) >= 11 is 0. The molecule has 1 amide bonds. The third kappa shape index (κ3) is 4.79. The van der Waals surface area contributed by atoms with Crippen molar-refractivity contribution in [2.45, 2.75) is 34.2 Å². The molecule has 1 aliphatic rings. The van der Waals surface area contributed by atoms with Gasteiger partial charge in [-0.25, -0.2) is 0 Å². The van der Waals surface area contributed by atoms with Crippen LogP contribution in [0.25, 0.3) is 0 Å². The molecule has 1 N–H and O–H groups in total. The summed E-state index contributed by atoms with van der Waals surface area (Å²) in [6, 6.07) is 7.84. The highest BCUT2D eigenvalue weighted by molar-refractivity contribution is 5.99. The van der Waals surface area contributed by atoms with Gasteiger partial charge < -0.3 is 19.4 Å². The number of nitrogens with zero attached hydrogens (tertiary/aromatic N) is 2. The lowest BCUT2D eigenvalue weighted by molar-refractivity contribution is -0.121. The number of nitrogens with one attached hydrogen (secondary N) is 1. The Labute approximate surface area is 171 Å². The number of aromatic nitrogens is 1. The van der Waals surface area contributed by atoms with Gasteiger partial charge >= 0.3 is 0 Å². The van der Waals surface area contributed by atoms with E-state index in [4.69, 9.17) is 9.47 Å². The predicted molar refractivity (Wildman–Crippen MR) is 111 cm³/mol. The molecule has 0 unspecified atom stereocenters. The van der Waals surface area contributed by atoms with Crippen LogP contribution in [0.15, 0.2) is 24.3 Å². The highest BCUT2D eigenvalue weighted by atomic mass is 16.7. The molecule has 0 fully saturated rings. The van der Waals surface area contributed by atoms with E-state index in [0.29, 0.717) is 25.2 Å². The first-order valence-electron chi connectivity index (χ1n) is 10.00. The Morgan fingerprint density at radius 3 is 2.59 bits per heavy atom. The second kappa shape index (κ2) is 9.13. The first-order valence-corrected chi connectivity index (χ1v) is 10.00. The van der Waals surface area contributed by atoms with E-state index in [-0.39, 0.29) is 31.6 Å². The van der Waals surface area contributed by atoms with Crippen molar-refractivity contribution in [2.75, 3.05) is 33.0 Å². The summed E-state index contributed by atoms with van der Waals surface area (Å²) in [6.45, 7) is 10.4. The molecule has 0 saturated heterocycles. The smallest absolute Gasteiger partial charge is 0.234 e. The zero-order chi connectivity index (χ0) is 21.0. The molecule has 1 aromatic heterocycles. The second-order valence-electron chi connectivity index (χ2n) is 7.24. The van der Waals surface area contributed by atoms with Crippen molar-refractivity contribution >= 4 is 11.7 Å². The third-order valence-corrected chi connectivity index (χ3v) is 5.21. The Morgan fingerprint density at radius 1 is 1.10 bits per heavy atom. The fraction of sp³-hybridized carbons (Fsp3) is 0.455. The number of carbonyl (C=O) groups is 2. The molecule has 0 radical (unpaired) electrons. The van der Waals surface area contributed by atoms with E-state index in [0.717, 1.165) is 28.5 Å². The molecule has 2 aromatic rings. The molecular weight excluding hydrogens is 370 g/mol. The Balaban J connectivity index is 1.72. The minimum Gasteiger partial charge on any atom is -0.454 e. The van der Waals surface area contributed by atoms with Crippen LogP contribution in [-0.4, -0.2) is 54.1 Å². The van der Waals surface area contributed by atoms with Crippen LogP contribution in [0.4, 0.5) is 0 Å². The fourth-order valence-electron chi connectivity index (χ4n) is 3.57. The van der Waals surface area contributed by atoms with Gasteiger partial charge in [-0.2, -0.15) is 0 Å². The number of hydrogen-bond acceptors (Lipinski definition) is 5. The van der Waals surface area contributed by atoms with Crippen LogP contribution in [0.5, 0.6) is 11.5 Å². The standard InChI is InChI=1S/C22H29N3O4/c1-5-23-22(27)13-24(6-2)12-19(26)18-9-15(3)25(16(18)4)11-17-7-8-20-21(10-17)29-14-28-20/h7-10H,5-6,11-14H2,1-4H3,(H,23,27). The number of ketones is 1. The lowest BCUT2D eigenvalue weighted by atomic mass is 10.1. The van der Waals surface area contributed by atoms with Gasteiger partial charge in [-0.3, -0.25) is 14.5 Å². The summed E-state index contributed by atoms with van der Waals surface area (Å²) < 4.78 is 13.0. The molecule has 0 spiro atoms. The third-order valence-electron chi connectivity index (χ3n) is 5.21. The van der Waals surface area contributed by atoms with Crippen LogP contribution in [0, 0.1) is 13.8 Å². The van der Waals surface area contributed by atoms with Crippen LogP contribution in [0.1, 0.15) is 41.2 Å². The minimum absolute atomic E-state index is 0.0289. The Kier molecular flexibility index (Phi) is 6.59. The fourth-order valence-corrected chi connectivity index (χ4v) is 3.57. The van der Waals surface area contributed by atoms with Crippen LogP contribution in [-0.2, 0) is 11.3 Å². The van der Waals surface area contributed by atoms with Crippen molar-refractivity contribution in [3.8, 4) is 11.5 Å². The molecule has 1 aliphatic heterocycles. The first kappa shape index (κ1) is 20.9. The number of carbonyl (C=O) groups excluding carboxylic acids is 2. The molecule has 0 aliphatic carbocycles. The number of rotatable bonds is 9. The summed E-state index contributed by atoms with van der Waals surface area (Å²) in [5.74, 6) is 1.49. The molecular formula is C22H29N3O4. The molecule has 0 saturated carbocycles. The topological polar surface area (TPSA) is 72.8 Å². The van der Waals surface area contributed by atoms with Gasteiger partial charge in [0, 0.05) is 30.0 Å². The zero-order valence-electron chi connectivity index (χ0n) is 17.6. The lowest BCUT2D eigenvalue weighted by Gasteiger charge is -2.19. The molecule has 0 bridgehead atoms. The van der Waals surface area contributed by atoms with Crippen LogP contribution in [0.2, 0.25) is 0 Å². The van der Waals surface area contributed by atoms with Gasteiger partial charge in [0.1, 0.15) is 0 Å². The maximum Gasteiger partial charge on any atom is 0.234 e. The average molecular weight is 399 g/mol. The monoisotopic (exact) mass is 399 g/mol. The van der Waals surface area contributed by atoms with Crippen molar-refractivity contribution in [1.29, 1.82) is 0 Å². The summed E-state index contributed by atoms with van der Waals surface area (Å²) in [5.41, 5.74) is 3.74. The van der Waals surface area contributed by atoms with Crippen LogP contribution < -0.4 is 14.8 Å². The molecule has 0 atom stereocenters. The Bertz CT molecular complexity index is 904. The van der Waals surface area contributed by atoms with E-state index in [1.807, 2.05) is 56.9 Å². The number of benzene rings is 1. The van der Waals surface area contributed by atoms with E-state index >= 15 is 0 Å². The largest absolute Gasteiger partial charge is 0.454 e. The van der Waals surface area contributed by atoms with Gasteiger partial charge in [0.15, 0.2) is 17.3 Å². The molecule has 3 rings (SSSR count). The maximum absolute atomic E-state index is 12.9. The number of ether oxygens (including phenoxy) is 2. The number of Topliss-reactive ketones (excluding diaryl/α,β-unsaturated/α-hetero) is 1. The number of fused-ring (bicyclic) bond motifs is 1. The highest BCUT2D eigenvalue weighted by Crippen LogP contribution is 2.33. The maximum atomic E-state index is 12.9. The number of hydrogen-bond donors (Lipinski definition) is 1. The van der Waals surface area contributed by atoms with E-state index in [1.54, 1.807) is 0 Å². The molecule has 2 heterocycles. The SMILES string of the molecule is CCNC(=O)CN(CC)CC(=O)c1cc(C)n(Cc2ccc3c(c2)OCO3)c1C. The van der Waals surface area contributed by atoms with E-state index in [2.05, 4.69) is 9.88 Å². The molecule has 7 heteroatoms. The number of aryl methyl sites for hydroxylation is 1. The van der Waals surface area contributed by atoms with Gasteiger partial charge in [0.2, 0.25) is 12.7 Å². The minimum atomic E-state index is -0.0598. The van der Waals surface area contributed by atoms with Crippen molar-refractivity contribution < 1.29 is 19.1 Å². The van der Waals surface area contributed by atoms with Crippen molar-refractivity contribution in [2.24, 2.45) is 0 Å². The van der Waals surface area contributed by atoms with Crippen molar-refractivity contribution in [3.05, 3.63) is 46.8 Å². The van der Waals surface area contributed by atoms with Gasteiger partial charge in [0.25, 0.3) is 0 Å². The summed E-state index contributed by atoms with van der Waals surface area (Å²) in [5, 5.41) is 2.78. The normalized spacial score (nSPS) is 12.4. The number of likely N-dealkylation sites (N-methyl/N-ethyl adjacent to an activating group) is 2. The zero-order valence-corrected chi connectivity index (χ0v) is 17.6. The van der Waals surface area contributed by atoms with Gasteiger partial charge in [0.05, 0.1) is 13.1 Å². The molecule has 7 nitrogen and oxygen atoms in total. The quantitative estimate of drug-likeness (QED) is 0.656. The second-order valence-corrected chi connectivity index (χ2v) is 7.24. The van der Waals surface area contributed by atoms with Crippen LogP contribution in [0.3, 0.4) is 0 Å². The molecule has 1 aromatic carbocycles. The van der Waals surface area contributed by atoms with Crippen molar-refractivity contribution in [3.63, 3.8) is 0 Å². The summed E-state index contributed by atoms with van der Waals surface area (Å²) in [6.07, 6.45) is 0. The Morgan fingerprint density at radius 2 is 1.86 bits per heavy atom. The average Bonchev–Trinajstić information content (AvgIpc) is 3.27. The highest BCUT2D eigenvalue weighted by Gasteiger charge is 2.20. The number of amides is 1. The molecule has 29 heavy (non-hydrogen) atoms. The van der Waals surface area contributed by atoms with Crippen molar-refractivity contribution in [1.82, 2.24) is 14.8 Å². The van der Waals surface area contributed by atoms with Gasteiger partial charge in [-0.1, -0.05) is 13.0 Å². The first-order chi connectivity index (χ1) is 13.9.